The molecule has 92 valence electrons. The van der Waals surface area contributed by atoms with Crippen LogP contribution in [0.4, 0.5) is 0 Å². The van der Waals surface area contributed by atoms with E-state index >= 15 is 0 Å². The van der Waals surface area contributed by atoms with Crippen molar-refractivity contribution in [3.63, 3.8) is 0 Å². The zero-order chi connectivity index (χ0) is 12.3. The van der Waals surface area contributed by atoms with Gasteiger partial charge in [0.15, 0.2) is 0 Å². The number of hydrogen-bond acceptors (Lipinski definition) is 3. The van der Waals surface area contributed by atoms with Crippen molar-refractivity contribution in [1.29, 1.82) is 0 Å². The van der Waals surface area contributed by atoms with Crippen molar-refractivity contribution < 1.29 is 14.0 Å². The molecule has 2 amide bonds. The highest BCUT2D eigenvalue weighted by atomic mass is 16.3. The fraction of sp³-hybridized carbons (Fsp3) is 0.500. The molecule has 5 heteroatoms. The molecule has 2 heterocycles. The molecule has 0 aromatic carbocycles. The average Bonchev–Trinajstić information content (AvgIpc) is 2.89. The summed E-state index contributed by atoms with van der Waals surface area (Å²) < 4.78 is 5.21. The van der Waals surface area contributed by atoms with Crippen LogP contribution < -0.4 is 10.6 Å². The van der Waals surface area contributed by atoms with Crippen molar-refractivity contribution >= 4 is 11.8 Å². The van der Waals surface area contributed by atoms with E-state index in [4.69, 9.17) is 4.42 Å². The number of furan rings is 1. The minimum atomic E-state index is -0.235. The van der Waals surface area contributed by atoms with Gasteiger partial charge in [0.2, 0.25) is 11.8 Å². The van der Waals surface area contributed by atoms with Gasteiger partial charge in [-0.15, -0.1) is 0 Å². The van der Waals surface area contributed by atoms with Crippen LogP contribution in [0.5, 0.6) is 0 Å². The molecular weight excluding hydrogens is 220 g/mol. The number of carbonyl (C=O) groups excluding carboxylic acids is 2. The lowest BCUT2D eigenvalue weighted by atomic mass is 10.1. The Bertz CT molecular complexity index is 400. The molecular formula is C12H16N2O3. The largest absolute Gasteiger partial charge is 0.469 e. The molecule has 1 aromatic heterocycles. The monoisotopic (exact) mass is 236 g/mol. The van der Waals surface area contributed by atoms with Gasteiger partial charge in [-0.25, -0.2) is 0 Å². The Balaban J connectivity index is 1.80. The molecule has 0 saturated carbocycles. The van der Waals surface area contributed by atoms with Crippen LogP contribution in [0.25, 0.3) is 0 Å². The minimum absolute atomic E-state index is 0.00403. The number of rotatable bonds is 4. The normalized spacial score (nSPS) is 21.0. The van der Waals surface area contributed by atoms with Crippen LogP contribution in [0.1, 0.15) is 19.1 Å². The zero-order valence-electron chi connectivity index (χ0n) is 9.73. The maximum absolute atomic E-state index is 11.8. The van der Waals surface area contributed by atoms with Gasteiger partial charge >= 0.3 is 0 Å². The Morgan fingerprint density at radius 3 is 3.12 bits per heavy atom. The van der Waals surface area contributed by atoms with Crippen LogP contribution >= 0.6 is 0 Å². The third kappa shape index (κ3) is 3.09. The van der Waals surface area contributed by atoms with E-state index < -0.39 is 0 Å². The highest BCUT2D eigenvalue weighted by Crippen LogP contribution is 2.10. The Hall–Kier alpha value is -1.78. The Morgan fingerprint density at radius 2 is 2.53 bits per heavy atom. The van der Waals surface area contributed by atoms with Crippen molar-refractivity contribution in [2.24, 2.45) is 5.92 Å². The van der Waals surface area contributed by atoms with Gasteiger partial charge in [-0.05, 0) is 19.1 Å². The van der Waals surface area contributed by atoms with E-state index in [-0.39, 0.29) is 23.8 Å². The smallest absolute Gasteiger partial charge is 0.225 e. The van der Waals surface area contributed by atoms with Crippen LogP contribution in [0.15, 0.2) is 22.8 Å². The fourth-order valence-corrected chi connectivity index (χ4v) is 1.93. The summed E-state index contributed by atoms with van der Waals surface area (Å²) >= 11 is 0. The topological polar surface area (TPSA) is 71.3 Å². The van der Waals surface area contributed by atoms with Gasteiger partial charge in [-0.2, -0.15) is 0 Å². The van der Waals surface area contributed by atoms with E-state index in [1.54, 1.807) is 6.26 Å². The molecule has 0 aliphatic carbocycles. The summed E-state index contributed by atoms with van der Waals surface area (Å²) in [7, 11) is 0. The van der Waals surface area contributed by atoms with Gasteiger partial charge in [0.05, 0.1) is 12.2 Å². The van der Waals surface area contributed by atoms with Gasteiger partial charge < -0.3 is 15.1 Å². The molecule has 1 aromatic rings. The Labute approximate surface area is 99.6 Å². The first-order chi connectivity index (χ1) is 8.15. The third-order valence-electron chi connectivity index (χ3n) is 2.82. The molecule has 2 rings (SSSR count). The number of carbonyl (C=O) groups is 2. The molecule has 17 heavy (non-hydrogen) atoms. The summed E-state index contributed by atoms with van der Waals surface area (Å²) in [6, 6.07) is 3.71. The summed E-state index contributed by atoms with van der Waals surface area (Å²) in [6.45, 7) is 2.36. The second kappa shape index (κ2) is 5.03. The van der Waals surface area contributed by atoms with E-state index in [0.717, 1.165) is 5.76 Å². The van der Waals surface area contributed by atoms with Crippen molar-refractivity contribution in [3.8, 4) is 0 Å². The molecule has 1 aliphatic rings. The summed E-state index contributed by atoms with van der Waals surface area (Å²) in [6.07, 6.45) is 2.57. The molecule has 0 spiro atoms. The minimum Gasteiger partial charge on any atom is -0.469 e. The maximum atomic E-state index is 11.8. The summed E-state index contributed by atoms with van der Waals surface area (Å²) in [4.78, 5) is 22.8. The molecule has 2 N–H and O–H groups in total. The van der Waals surface area contributed by atoms with Gasteiger partial charge in [0.25, 0.3) is 0 Å². The summed E-state index contributed by atoms with van der Waals surface area (Å²) in [5.74, 6) is 0.492. The molecule has 2 atom stereocenters. The van der Waals surface area contributed by atoms with Crippen molar-refractivity contribution in [2.45, 2.75) is 25.8 Å². The average molecular weight is 236 g/mol. The van der Waals surface area contributed by atoms with Crippen LogP contribution in [0.2, 0.25) is 0 Å². The SMILES string of the molecule is CC(Cc1ccco1)NC(=O)C1CNC(=O)C1. The van der Waals surface area contributed by atoms with Crippen molar-refractivity contribution in [2.75, 3.05) is 6.54 Å². The van der Waals surface area contributed by atoms with Gasteiger partial charge in [-0.3, -0.25) is 9.59 Å². The van der Waals surface area contributed by atoms with Crippen molar-refractivity contribution in [3.05, 3.63) is 24.2 Å². The first kappa shape index (κ1) is 11.7. The summed E-state index contributed by atoms with van der Waals surface area (Å²) in [5.41, 5.74) is 0. The fourth-order valence-electron chi connectivity index (χ4n) is 1.93. The van der Waals surface area contributed by atoms with Crippen LogP contribution in [0.3, 0.4) is 0 Å². The van der Waals surface area contributed by atoms with Gasteiger partial charge in [0, 0.05) is 25.4 Å². The predicted octanol–water partition coefficient (Wildman–Crippen LogP) is 0.463. The Morgan fingerprint density at radius 1 is 1.71 bits per heavy atom. The molecule has 5 nitrogen and oxygen atoms in total. The third-order valence-corrected chi connectivity index (χ3v) is 2.82. The lowest BCUT2D eigenvalue weighted by molar-refractivity contribution is -0.127. The highest BCUT2D eigenvalue weighted by molar-refractivity contribution is 5.89. The van der Waals surface area contributed by atoms with E-state index in [1.165, 1.54) is 0 Å². The number of hydrogen-bond donors (Lipinski definition) is 2. The van der Waals surface area contributed by atoms with Gasteiger partial charge in [-0.1, -0.05) is 0 Å². The summed E-state index contributed by atoms with van der Waals surface area (Å²) in [5, 5.41) is 5.54. The van der Waals surface area contributed by atoms with E-state index in [0.29, 0.717) is 19.4 Å². The van der Waals surface area contributed by atoms with Crippen LogP contribution in [-0.2, 0) is 16.0 Å². The molecule has 1 saturated heterocycles. The first-order valence-electron chi connectivity index (χ1n) is 5.74. The van der Waals surface area contributed by atoms with Crippen LogP contribution in [0, 0.1) is 5.92 Å². The molecule has 1 aliphatic heterocycles. The Kier molecular flexibility index (Phi) is 3.46. The zero-order valence-corrected chi connectivity index (χ0v) is 9.73. The lowest BCUT2D eigenvalue weighted by Gasteiger charge is -2.15. The van der Waals surface area contributed by atoms with E-state index in [1.807, 2.05) is 19.1 Å². The quantitative estimate of drug-likeness (QED) is 0.798. The number of nitrogens with one attached hydrogen (secondary N) is 2. The van der Waals surface area contributed by atoms with Crippen molar-refractivity contribution in [1.82, 2.24) is 10.6 Å². The highest BCUT2D eigenvalue weighted by Gasteiger charge is 2.28. The first-order valence-corrected chi connectivity index (χ1v) is 5.74. The molecule has 0 bridgehead atoms. The van der Waals surface area contributed by atoms with Gasteiger partial charge in [0.1, 0.15) is 5.76 Å². The predicted molar refractivity (Wildman–Crippen MR) is 61.1 cm³/mol. The molecule has 1 fully saturated rings. The second-order valence-electron chi connectivity index (χ2n) is 4.40. The molecule has 2 unspecified atom stereocenters. The second-order valence-corrected chi connectivity index (χ2v) is 4.40. The van der Waals surface area contributed by atoms with E-state index in [9.17, 15) is 9.59 Å². The van der Waals surface area contributed by atoms with Crippen LogP contribution in [-0.4, -0.2) is 24.4 Å². The standard InChI is InChI=1S/C12H16N2O3/c1-8(5-10-3-2-4-17-10)14-12(16)9-6-11(15)13-7-9/h2-4,8-9H,5-7H2,1H3,(H,13,15)(H,14,16). The maximum Gasteiger partial charge on any atom is 0.225 e. The number of amides is 2. The lowest BCUT2D eigenvalue weighted by Crippen LogP contribution is -2.39. The van der Waals surface area contributed by atoms with E-state index in [2.05, 4.69) is 10.6 Å². The molecule has 0 radical (unpaired) electrons.